The van der Waals surface area contributed by atoms with Crippen LogP contribution in [0.1, 0.15) is 26.7 Å². The van der Waals surface area contributed by atoms with E-state index in [0.29, 0.717) is 6.42 Å². The van der Waals surface area contributed by atoms with Gasteiger partial charge < -0.3 is 5.11 Å². The number of aliphatic hydroxyl groups is 1. The zero-order valence-corrected chi connectivity index (χ0v) is 8.77. The fourth-order valence-electron chi connectivity index (χ4n) is 1.08. The molecule has 0 aromatic rings. The van der Waals surface area contributed by atoms with Gasteiger partial charge >= 0.3 is 6.20 Å². The van der Waals surface area contributed by atoms with E-state index in [1.54, 1.807) is 6.08 Å². The highest BCUT2D eigenvalue weighted by molar-refractivity contribution is 5.06. The van der Waals surface area contributed by atoms with Crippen molar-refractivity contribution in [2.45, 2.75) is 26.7 Å². The van der Waals surface area contributed by atoms with Crippen LogP contribution in [0.4, 0.5) is 0 Å². The van der Waals surface area contributed by atoms with Crippen LogP contribution < -0.4 is 0 Å². The van der Waals surface area contributed by atoms with Gasteiger partial charge in [-0.05, 0) is 26.7 Å². The molecule has 0 aliphatic heterocycles. The molecular formula is C11H17N2O+. The molecule has 0 saturated carbocycles. The second kappa shape index (κ2) is 6.90. The van der Waals surface area contributed by atoms with Gasteiger partial charge in [0.2, 0.25) is 5.39 Å². The number of diazo groups is 1. The van der Waals surface area contributed by atoms with E-state index < -0.39 is 0 Å². The molecule has 0 rings (SSSR count). The molecule has 1 unspecified atom stereocenters. The Kier molecular flexibility index (Phi) is 6.13. The predicted molar refractivity (Wildman–Crippen MR) is 58.1 cm³/mol. The highest BCUT2D eigenvalue weighted by Crippen LogP contribution is 2.19. The molecule has 3 nitrogen and oxygen atoms in total. The maximum absolute atomic E-state index is 9.48. The third-order valence-electron chi connectivity index (χ3n) is 1.87. The number of rotatable bonds is 5. The summed E-state index contributed by atoms with van der Waals surface area (Å²) >= 11 is 0. The summed E-state index contributed by atoms with van der Waals surface area (Å²) < 4.78 is 0. The predicted octanol–water partition coefficient (Wildman–Crippen LogP) is 3.79. The van der Waals surface area contributed by atoms with Gasteiger partial charge in [0.05, 0.1) is 0 Å². The zero-order chi connectivity index (χ0) is 11.0. The molecule has 0 aliphatic carbocycles. The van der Waals surface area contributed by atoms with Crippen LogP contribution in [0, 0.1) is 11.3 Å². The maximum Gasteiger partial charge on any atom is 0.387 e. The number of nitrogens with zero attached hydrogens (tertiary/aromatic N) is 2. The van der Waals surface area contributed by atoms with Crippen molar-refractivity contribution in [3.63, 3.8) is 0 Å². The summed E-state index contributed by atoms with van der Waals surface area (Å²) in [6, 6.07) is 0. The lowest BCUT2D eigenvalue weighted by Gasteiger charge is -2.08. The Morgan fingerprint density at radius 3 is 2.57 bits per heavy atom. The van der Waals surface area contributed by atoms with Crippen molar-refractivity contribution >= 4 is 0 Å². The lowest BCUT2D eigenvalue weighted by Crippen LogP contribution is -2.01. The minimum Gasteiger partial charge on any atom is -0.505 e. The molecule has 0 amide bonds. The molecule has 3 heteroatoms. The highest BCUT2D eigenvalue weighted by atomic mass is 16.3. The Morgan fingerprint density at radius 1 is 1.50 bits per heavy atom. The first kappa shape index (κ1) is 12.4. The summed E-state index contributed by atoms with van der Waals surface area (Å²) in [5.74, 6) is 0.0446. The second-order valence-electron chi connectivity index (χ2n) is 3.41. The molecule has 0 fully saturated rings. The first-order valence-corrected chi connectivity index (χ1v) is 4.59. The second-order valence-corrected chi connectivity index (χ2v) is 3.41. The van der Waals surface area contributed by atoms with E-state index in [2.05, 4.69) is 11.6 Å². The molecule has 14 heavy (non-hydrogen) atoms. The molecule has 1 atom stereocenters. The number of aliphatic hydroxyl groups excluding tert-OH is 1. The summed E-state index contributed by atoms with van der Waals surface area (Å²) in [6.07, 6.45) is 6.24. The van der Waals surface area contributed by atoms with Gasteiger partial charge in [0.15, 0.2) is 10.7 Å². The first-order valence-electron chi connectivity index (χ1n) is 4.59. The van der Waals surface area contributed by atoms with Gasteiger partial charge in [-0.25, -0.2) is 0 Å². The van der Waals surface area contributed by atoms with Gasteiger partial charge in [-0.3, -0.25) is 0 Å². The fourth-order valence-corrected chi connectivity index (χ4v) is 1.08. The quantitative estimate of drug-likeness (QED) is 0.410. The average molecular weight is 193 g/mol. The SMILES string of the molecule is C=CCC(CC=C(C)C)/C(O)=C/[N+]#N. The molecule has 0 heterocycles. The Morgan fingerprint density at radius 2 is 2.14 bits per heavy atom. The van der Waals surface area contributed by atoms with E-state index in [4.69, 9.17) is 5.39 Å². The molecule has 0 aromatic heterocycles. The minimum absolute atomic E-state index is 0.0432. The van der Waals surface area contributed by atoms with Crippen LogP contribution in [-0.2, 0) is 0 Å². The van der Waals surface area contributed by atoms with Crippen molar-refractivity contribution in [3.05, 3.63) is 41.2 Å². The third-order valence-corrected chi connectivity index (χ3v) is 1.87. The van der Waals surface area contributed by atoms with Gasteiger partial charge in [0.1, 0.15) is 0 Å². The van der Waals surface area contributed by atoms with E-state index in [0.717, 1.165) is 12.6 Å². The Labute approximate surface area is 85.1 Å². The van der Waals surface area contributed by atoms with E-state index >= 15 is 0 Å². The van der Waals surface area contributed by atoms with Gasteiger partial charge in [0, 0.05) is 5.92 Å². The summed E-state index contributed by atoms with van der Waals surface area (Å²) in [7, 11) is 0. The Balaban J connectivity index is 4.45. The van der Waals surface area contributed by atoms with Crippen molar-refractivity contribution in [2.24, 2.45) is 5.92 Å². The van der Waals surface area contributed by atoms with E-state index in [-0.39, 0.29) is 11.7 Å². The molecule has 0 bridgehead atoms. The number of hydrogen-bond donors (Lipinski definition) is 1. The van der Waals surface area contributed by atoms with Gasteiger partial charge in [-0.15, -0.1) is 6.58 Å². The van der Waals surface area contributed by atoms with Crippen LogP contribution in [0.3, 0.4) is 0 Å². The van der Waals surface area contributed by atoms with Crippen molar-refractivity contribution in [3.8, 4) is 0 Å². The van der Waals surface area contributed by atoms with Gasteiger partial charge in [-0.2, -0.15) is 0 Å². The van der Waals surface area contributed by atoms with Crippen LogP contribution in [-0.4, -0.2) is 5.11 Å². The normalized spacial score (nSPS) is 12.8. The standard InChI is InChI=1S/C11H16N2O/c1-4-5-10(7-6-9(2)3)11(14)8-13-12/h4,6,8,10H,1,5,7H2,2-3H3/p+1/b11-8-. The minimum atomic E-state index is -0.0432. The largest absolute Gasteiger partial charge is 0.505 e. The van der Waals surface area contributed by atoms with Crippen LogP contribution in [0.25, 0.3) is 4.98 Å². The molecule has 76 valence electrons. The lowest BCUT2D eigenvalue weighted by atomic mass is 9.98. The van der Waals surface area contributed by atoms with Crippen molar-refractivity contribution in [1.82, 2.24) is 0 Å². The maximum atomic E-state index is 9.48. The smallest absolute Gasteiger partial charge is 0.387 e. The molecule has 0 spiro atoms. The zero-order valence-electron chi connectivity index (χ0n) is 8.77. The first-order chi connectivity index (χ1) is 6.61. The van der Waals surface area contributed by atoms with Crippen molar-refractivity contribution < 1.29 is 5.11 Å². The third kappa shape index (κ3) is 5.15. The van der Waals surface area contributed by atoms with Gasteiger partial charge in [0.25, 0.3) is 0 Å². The average Bonchev–Trinajstić information content (AvgIpc) is 2.12. The van der Waals surface area contributed by atoms with E-state index in [9.17, 15) is 5.11 Å². The monoisotopic (exact) mass is 193 g/mol. The number of hydrogen-bond acceptors (Lipinski definition) is 2. The van der Waals surface area contributed by atoms with E-state index in [1.165, 1.54) is 5.57 Å². The van der Waals surface area contributed by atoms with Crippen LogP contribution in [0.5, 0.6) is 0 Å². The summed E-state index contributed by atoms with van der Waals surface area (Å²) in [6.45, 7) is 7.62. The number of allylic oxidation sites excluding steroid dienone is 4. The van der Waals surface area contributed by atoms with Crippen molar-refractivity contribution in [1.29, 1.82) is 5.39 Å². The van der Waals surface area contributed by atoms with Crippen LogP contribution in [0.2, 0.25) is 0 Å². The molecule has 0 saturated heterocycles. The lowest BCUT2D eigenvalue weighted by molar-refractivity contribution is 0.330. The van der Waals surface area contributed by atoms with E-state index in [1.807, 2.05) is 19.9 Å². The highest BCUT2D eigenvalue weighted by Gasteiger charge is 2.14. The topological polar surface area (TPSA) is 48.4 Å². The molecule has 0 aromatic carbocycles. The van der Waals surface area contributed by atoms with Gasteiger partial charge in [-0.1, -0.05) is 17.7 Å². The van der Waals surface area contributed by atoms with Crippen molar-refractivity contribution in [2.75, 3.05) is 0 Å². The molecule has 0 radical (unpaired) electrons. The molecule has 1 N–H and O–H groups in total. The fraction of sp³-hybridized carbons (Fsp3) is 0.455. The molecule has 0 aliphatic rings. The summed E-state index contributed by atoms with van der Waals surface area (Å²) in [4.78, 5) is 2.80. The van der Waals surface area contributed by atoms with Crippen LogP contribution >= 0.6 is 0 Å². The Bertz CT molecular complexity index is 280. The summed E-state index contributed by atoms with van der Waals surface area (Å²) in [5.41, 5.74) is 1.20. The molecular weight excluding hydrogens is 176 g/mol. The Hall–Kier alpha value is -1.56. The summed E-state index contributed by atoms with van der Waals surface area (Å²) in [5, 5.41) is 17.8. The van der Waals surface area contributed by atoms with Crippen LogP contribution in [0.15, 0.2) is 36.3 Å².